The van der Waals surface area contributed by atoms with E-state index in [0.29, 0.717) is 0 Å². The van der Waals surface area contributed by atoms with E-state index in [4.69, 9.17) is 4.98 Å². The average Bonchev–Trinajstić information content (AvgIpc) is 2.72. The highest BCUT2D eigenvalue weighted by Crippen LogP contribution is 2.27. The van der Waals surface area contributed by atoms with Crippen molar-refractivity contribution < 1.29 is 4.57 Å². The number of fused-ring (bicyclic) bond motifs is 1. The fraction of sp³-hybridized carbons (Fsp3) is 0.583. The molecule has 0 fully saturated rings. The number of rotatable bonds is 10. The predicted molar refractivity (Wildman–Crippen MR) is 121 cm³/mol. The molecule has 0 radical (unpaired) electrons. The number of anilines is 1. The Kier molecular flexibility index (Phi) is 8.01. The van der Waals surface area contributed by atoms with Crippen LogP contribution in [-0.4, -0.2) is 62.6 Å². The molecule has 29 heavy (non-hydrogen) atoms. The molecule has 0 unspecified atom stereocenters. The molecular weight excluding hydrogens is 358 g/mol. The van der Waals surface area contributed by atoms with Crippen LogP contribution in [0.4, 0.5) is 5.82 Å². The van der Waals surface area contributed by atoms with Crippen molar-refractivity contribution in [1.29, 1.82) is 0 Å². The van der Waals surface area contributed by atoms with E-state index >= 15 is 0 Å². The second-order valence-corrected chi connectivity index (χ2v) is 8.67. The lowest BCUT2D eigenvalue weighted by atomic mass is 9.95. The van der Waals surface area contributed by atoms with Crippen molar-refractivity contribution in [2.45, 2.75) is 45.1 Å². The normalized spacial score (nSPS) is 13.7. The Morgan fingerprint density at radius 2 is 1.62 bits per heavy atom. The van der Waals surface area contributed by atoms with E-state index in [-0.39, 0.29) is 0 Å². The standard InChI is InChI=1S/C24H37N5/c1-27(2)17-10-16-25-23-21-14-8-9-15-22(21)29(19-11-18-28(3)4)24(26-23)20-12-6-5-7-13-20/h5-7,12-13H,8-11,14-19H2,1-4H3/p+1. The summed E-state index contributed by atoms with van der Waals surface area (Å²) in [5, 5.41) is 3.68. The molecule has 1 N–H and O–H groups in total. The van der Waals surface area contributed by atoms with Gasteiger partial charge in [0.25, 0.3) is 0 Å². The summed E-state index contributed by atoms with van der Waals surface area (Å²) in [7, 11) is 8.56. The van der Waals surface area contributed by atoms with Crippen molar-refractivity contribution in [3.63, 3.8) is 0 Å². The van der Waals surface area contributed by atoms with Gasteiger partial charge in [-0.05, 0) is 84.0 Å². The summed E-state index contributed by atoms with van der Waals surface area (Å²) in [6, 6.07) is 10.7. The number of aromatic nitrogens is 2. The van der Waals surface area contributed by atoms with Gasteiger partial charge in [0, 0.05) is 19.5 Å². The topological polar surface area (TPSA) is 35.3 Å². The molecule has 0 amide bonds. The Morgan fingerprint density at radius 3 is 2.34 bits per heavy atom. The zero-order valence-electron chi connectivity index (χ0n) is 18.7. The molecule has 158 valence electrons. The quantitative estimate of drug-likeness (QED) is 0.494. The fourth-order valence-electron chi connectivity index (χ4n) is 4.15. The highest BCUT2D eigenvalue weighted by molar-refractivity contribution is 5.57. The van der Waals surface area contributed by atoms with Crippen molar-refractivity contribution in [3.8, 4) is 11.4 Å². The molecule has 1 heterocycles. The Balaban J connectivity index is 1.95. The van der Waals surface area contributed by atoms with Gasteiger partial charge in [-0.3, -0.25) is 0 Å². The number of nitrogens with one attached hydrogen (secondary N) is 1. The number of hydrogen-bond acceptors (Lipinski definition) is 4. The summed E-state index contributed by atoms with van der Waals surface area (Å²) in [6.45, 7) is 4.19. The van der Waals surface area contributed by atoms with Crippen molar-refractivity contribution in [1.82, 2.24) is 14.8 Å². The summed E-state index contributed by atoms with van der Waals surface area (Å²) in [4.78, 5) is 9.70. The lowest BCUT2D eigenvalue weighted by Crippen LogP contribution is -2.45. The van der Waals surface area contributed by atoms with E-state index in [1.54, 1.807) is 0 Å². The average molecular weight is 397 g/mol. The maximum atomic E-state index is 5.20. The number of hydrogen-bond donors (Lipinski definition) is 1. The Labute approximate surface area is 176 Å². The summed E-state index contributed by atoms with van der Waals surface area (Å²) in [6.07, 6.45) is 7.11. The van der Waals surface area contributed by atoms with Crippen LogP contribution in [0.5, 0.6) is 0 Å². The molecule has 0 bridgehead atoms. The summed E-state index contributed by atoms with van der Waals surface area (Å²) in [5.41, 5.74) is 4.16. The van der Waals surface area contributed by atoms with Crippen LogP contribution >= 0.6 is 0 Å². The minimum atomic E-state index is 0.969. The molecule has 0 saturated carbocycles. The Morgan fingerprint density at radius 1 is 0.931 bits per heavy atom. The highest BCUT2D eigenvalue weighted by atomic mass is 15.1. The van der Waals surface area contributed by atoms with Crippen molar-refractivity contribution in [2.24, 2.45) is 0 Å². The first-order chi connectivity index (χ1) is 14.1. The van der Waals surface area contributed by atoms with E-state index in [2.05, 4.69) is 78.2 Å². The van der Waals surface area contributed by atoms with Gasteiger partial charge in [-0.2, -0.15) is 0 Å². The molecule has 0 atom stereocenters. The van der Waals surface area contributed by atoms with Crippen LogP contribution in [0.3, 0.4) is 0 Å². The van der Waals surface area contributed by atoms with E-state index in [1.165, 1.54) is 29.7 Å². The second-order valence-electron chi connectivity index (χ2n) is 8.67. The largest absolute Gasteiger partial charge is 0.349 e. The second kappa shape index (κ2) is 10.7. The van der Waals surface area contributed by atoms with E-state index < -0.39 is 0 Å². The molecule has 1 aromatic heterocycles. The summed E-state index contributed by atoms with van der Waals surface area (Å²) in [5.74, 6) is 2.22. The van der Waals surface area contributed by atoms with Crippen LogP contribution in [0.25, 0.3) is 11.4 Å². The summed E-state index contributed by atoms with van der Waals surface area (Å²) < 4.78 is 2.51. The third kappa shape index (κ3) is 6.00. The third-order valence-electron chi connectivity index (χ3n) is 5.62. The van der Waals surface area contributed by atoms with Gasteiger partial charge >= 0.3 is 5.82 Å². The number of benzene rings is 1. The van der Waals surface area contributed by atoms with Gasteiger partial charge in [0.1, 0.15) is 5.69 Å². The number of nitrogens with zero attached hydrogens (tertiary/aromatic N) is 4. The van der Waals surface area contributed by atoms with Crippen molar-refractivity contribution in [2.75, 3.05) is 53.1 Å². The molecule has 1 aliphatic rings. The van der Waals surface area contributed by atoms with Crippen LogP contribution in [-0.2, 0) is 19.4 Å². The van der Waals surface area contributed by atoms with Crippen LogP contribution in [0.1, 0.15) is 36.9 Å². The maximum absolute atomic E-state index is 5.20. The lowest BCUT2D eigenvalue weighted by molar-refractivity contribution is -0.696. The monoisotopic (exact) mass is 396 g/mol. The SMILES string of the molecule is CN(C)CCCNc1nc(-c2ccccc2)[n+](CCCN(C)C)c2c1CCCC2. The molecule has 2 aromatic rings. The summed E-state index contributed by atoms with van der Waals surface area (Å²) >= 11 is 0. The Hall–Kier alpha value is -1.98. The van der Waals surface area contributed by atoms with Gasteiger partial charge < -0.3 is 15.1 Å². The molecule has 1 aromatic carbocycles. The van der Waals surface area contributed by atoms with Crippen LogP contribution in [0, 0.1) is 0 Å². The maximum Gasteiger partial charge on any atom is 0.333 e. The van der Waals surface area contributed by atoms with Gasteiger partial charge in [0.05, 0.1) is 17.7 Å². The predicted octanol–water partition coefficient (Wildman–Crippen LogP) is 3.23. The molecule has 3 rings (SSSR count). The van der Waals surface area contributed by atoms with Gasteiger partial charge in [0.2, 0.25) is 5.82 Å². The molecule has 5 heteroatoms. The first-order valence-corrected chi connectivity index (χ1v) is 11.1. The van der Waals surface area contributed by atoms with E-state index in [0.717, 1.165) is 63.5 Å². The molecule has 0 aliphatic heterocycles. The van der Waals surface area contributed by atoms with Gasteiger partial charge in [-0.25, -0.2) is 4.57 Å². The zero-order valence-corrected chi connectivity index (χ0v) is 18.7. The van der Waals surface area contributed by atoms with Crippen molar-refractivity contribution in [3.05, 3.63) is 41.6 Å². The molecular formula is C24H38N5+. The first kappa shape index (κ1) is 21.7. The molecule has 5 nitrogen and oxygen atoms in total. The molecule has 1 aliphatic carbocycles. The van der Waals surface area contributed by atoms with Crippen molar-refractivity contribution >= 4 is 5.82 Å². The minimum absolute atomic E-state index is 0.969. The Bertz CT molecular complexity index is 771. The van der Waals surface area contributed by atoms with Crippen LogP contribution in [0.15, 0.2) is 30.3 Å². The van der Waals surface area contributed by atoms with Gasteiger partial charge in [0.15, 0.2) is 0 Å². The third-order valence-corrected chi connectivity index (χ3v) is 5.62. The van der Waals surface area contributed by atoms with Crippen LogP contribution in [0.2, 0.25) is 0 Å². The van der Waals surface area contributed by atoms with E-state index in [9.17, 15) is 0 Å². The van der Waals surface area contributed by atoms with Gasteiger partial charge in [-0.1, -0.05) is 18.2 Å². The van der Waals surface area contributed by atoms with E-state index in [1.807, 2.05) is 0 Å². The molecule has 0 spiro atoms. The highest BCUT2D eigenvalue weighted by Gasteiger charge is 2.29. The minimum Gasteiger partial charge on any atom is -0.349 e. The first-order valence-electron chi connectivity index (χ1n) is 11.1. The fourth-order valence-corrected chi connectivity index (χ4v) is 4.15. The smallest absolute Gasteiger partial charge is 0.333 e. The van der Waals surface area contributed by atoms with Crippen LogP contribution < -0.4 is 9.88 Å². The molecule has 0 saturated heterocycles. The lowest BCUT2D eigenvalue weighted by Gasteiger charge is -2.21. The van der Waals surface area contributed by atoms with Gasteiger partial charge in [-0.15, -0.1) is 0 Å². The zero-order chi connectivity index (χ0) is 20.6.